The molecule has 3 rings (SSSR count). The molecule has 170 valence electrons. The average molecular weight is 433 g/mol. The van der Waals surface area contributed by atoms with E-state index in [1.54, 1.807) is 13.8 Å². The first kappa shape index (κ1) is 23.2. The highest BCUT2D eigenvalue weighted by Gasteiger charge is 2.51. The standard InChI is InChI=1S/C23H32N2O6/c1-3-31-22(29)18(10-9-17-7-5-4-6-8-17)24-16(2)20(26)25-14-23(11-12-30-15-23)13-19(25)21(27)28/h4-8,16,18-19,24H,3,9-15H2,1-2H3,(H,27,28)/t16-,18?,19?,23?/m0/s1. The lowest BCUT2D eigenvalue weighted by Gasteiger charge is -2.28. The van der Waals surface area contributed by atoms with Crippen LogP contribution in [0.15, 0.2) is 30.3 Å². The number of aliphatic carboxylic acids is 1. The fourth-order valence-corrected chi connectivity index (χ4v) is 4.53. The van der Waals surface area contributed by atoms with E-state index in [2.05, 4.69) is 5.32 Å². The number of ether oxygens (including phenoxy) is 2. The predicted octanol–water partition coefficient (Wildman–Crippen LogP) is 1.62. The van der Waals surface area contributed by atoms with E-state index in [4.69, 9.17) is 9.47 Å². The Labute approximate surface area is 182 Å². The number of esters is 1. The predicted molar refractivity (Wildman–Crippen MR) is 113 cm³/mol. The topological polar surface area (TPSA) is 105 Å². The van der Waals surface area contributed by atoms with Crippen molar-refractivity contribution in [1.82, 2.24) is 10.2 Å². The first-order valence-corrected chi connectivity index (χ1v) is 10.9. The molecule has 2 aliphatic rings. The SMILES string of the molecule is CCOC(=O)C(CCc1ccccc1)N[C@@H](C)C(=O)N1CC2(CCOC2)CC1C(=O)O. The summed E-state index contributed by atoms with van der Waals surface area (Å²) >= 11 is 0. The largest absolute Gasteiger partial charge is 0.480 e. The molecule has 2 N–H and O–H groups in total. The van der Waals surface area contributed by atoms with E-state index in [-0.39, 0.29) is 17.9 Å². The van der Waals surface area contributed by atoms with Gasteiger partial charge in [-0.1, -0.05) is 30.3 Å². The third kappa shape index (κ3) is 5.62. The Kier molecular flexibility index (Phi) is 7.67. The summed E-state index contributed by atoms with van der Waals surface area (Å²) in [6.45, 7) is 5.10. The van der Waals surface area contributed by atoms with Gasteiger partial charge in [0.15, 0.2) is 0 Å². The average Bonchev–Trinajstić information content (AvgIpc) is 3.38. The molecule has 0 saturated carbocycles. The summed E-state index contributed by atoms with van der Waals surface area (Å²) in [5, 5.41) is 12.8. The minimum atomic E-state index is -1.00. The summed E-state index contributed by atoms with van der Waals surface area (Å²) in [7, 11) is 0. The van der Waals surface area contributed by atoms with Gasteiger partial charge >= 0.3 is 11.9 Å². The van der Waals surface area contributed by atoms with Gasteiger partial charge in [-0.05, 0) is 45.1 Å². The van der Waals surface area contributed by atoms with Crippen LogP contribution in [-0.2, 0) is 30.3 Å². The third-order valence-corrected chi connectivity index (χ3v) is 6.22. The smallest absolute Gasteiger partial charge is 0.326 e. The summed E-state index contributed by atoms with van der Waals surface area (Å²) < 4.78 is 10.7. The lowest BCUT2D eigenvalue weighted by atomic mass is 9.85. The number of aryl methyl sites for hydroxylation is 1. The zero-order chi connectivity index (χ0) is 22.4. The van der Waals surface area contributed by atoms with Crippen molar-refractivity contribution in [2.75, 3.05) is 26.4 Å². The normalized spacial score (nSPS) is 24.8. The second-order valence-electron chi connectivity index (χ2n) is 8.54. The zero-order valence-corrected chi connectivity index (χ0v) is 18.2. The summed E-state index contributed by atoms with van der Waals surface area (Å²) in [6, 6.07) is 7.54. The Morgan fingerprint density at radius 1 is 1.32 bits per heavy atom. The van der Waals surface area contributed by atoms with Gasteiger partial charge in [0.05, 0.1) is 19.3 Å². The highest BCUT2D eigenvalue weighted by atomic mass is 16.5. The maximum Gasteiger partial charge on any atom is 0.326 e. The van der Waals surface area contributed by atoms with E-state index in [0.717, 1.165) is 12.0 Å². The van der Waals surface area contributed by atoms with Crippen molar-refractivity contribution in [3.8, 4) is 0 Å². The molecule has 3 unspecified atom stereocenters. The Bertz CT molecular complexity index is 778. The molecule has 1 amide bonds. The van der Waals surface area contributed by atoms with E-state index in [0.29, 0.717) is 39.0 Å². The number of hydrogen-bond acceptors (Lipinski definition) is 6. The zero-order valence-electron chi connectivity index (χ0n) is 18.2. The van der Waals surface area contributed by atoms with Crippen molar-refractivity contribution in [2.24, 2.45) is 5.41 Å². The number of carbonyl (C=O) groups excluding carboxylic acids is 2. The van der Waals surface area contributed by atoms with Crippen LogP contribution in [0.5, 0.6) is 0 Å². The molecule has 2 heterocycles. The molecule has 8 nitrogen and oxygen atoms in total. The maximum absolute atomic E-state index is 13.2. The van der Waals surface area contributed by atoms with E-state index in [1.807, 2.05) is 30.3 Å². The lowest BCUT2D eigenvalue weighted by molar-refractivity contribution is -0.150. The molecule has 2 fully saturated rings. The molecule has 0 bridgehead atoms. The molecule has 1 aromatic carbocycles. The van der Waals surface area contributed by atoms with Crippen LogP contribution >= 0.6 is 0 Å². The molecule has 1 aromatic rings. The van der Waals surface area contributed by atoms with Gasteiger partial charge in [-0.3, -0.25) is 14.9 Å². The van der Waals surface area contributed by atoms with Crippen LogP contribution in [0.25, 0.3) is 0 Å². The van der Waals surface area contributed by atoms with Gasteiger partial charge in [0, 0.05) is 18.6 Å². The van der Waals surface area contributed by atoms with Crippen LogP contribution in [0.4, 0.5) is 0 Å². The Morgan fingerprint density at radius 3 is 2.68 bits per heavy atom. The molecular weight excluding hydrogens is 400 g/mol. The summed E-state index contributed by atoms with van der Waals surface area (Å²) in [6.07, 6.45) is 2.28. The quantitative estimate of drug-likeness (QED) is 0.571. The number of benzene rings is 1. The molecule has 2 aliphatic heterocycles. The van der Waals surface area contributed by atoms with Gasteiger partial charge < -0.3 is 19.5 Å². The number of hydrogen-bond donors (Lipinski definition) is 2. The second kappa shape index (κ2) is 10.2. The van der Waals surface area contributed by atoms with Crippen LogP contribution in [0.1, 0.15) is 38.7 Å². The third-order valence-electron chi connectivity index (χ3n) is 6.22. The van der Waals surface area contributed by atoms with Gasteiger partial charge in [0.25, 0.3) is 0 Å². The number of nitrogens with one attached hydrogen (secondary N) is 1. The Balaban J connectivity index is 1.67. The number of likely N-dealkylation sites (tertiary alicyclic amines) is 1. The molecule has 1 spiro atoms. The molecule has 2 saturated heterocycles. The number of nitrogens with zero attached hydrogens (tertiary/aromatic N) is 1. The van der Waals surface area contributed by atoms with E-state index in [9.17, 15) is 19.5 Å². The second-order valence-corrected chi connectivity index (χ2v) is 8.54. The van der Waals surface area contributed by atoms with Gasteiger partial charge in [-0.15, -0.1) is 0 Å². The van der Waals surface area contributed by atoms with E-state index >= 15 is 0 Å². The maximum atomic E-state index is 13.2. The molecule has 4 atom stereocenters. The van der Waals surface area contributed by atoms with Gasteiger partial charge in [0.2, 0.25) is 5.91 Å². The number of rotatable bonds is 9. The van der Waals surface area contributed by atoms with Crippen molar-refractivity contribution in [2.45, 2.75) is 57.7 Å². The van der Waals surface area contributed by atoms with Gasteiger partial charge in [0.1, 0.15) is 12.1 Å². The summed E-state index contributed by atoms with van der Waals surface area (Å²) in [5.74, 6) is -1.73. The van der Waals surface area contributed by atoms with Crippen molar-refractivity contribution in [1.29, 1.82) is 0 Å². The van der Waals surface area contributed by atoms with E-state index in [1.165, 1.54) is 4.90 Å². The summed E-state index contributed by atoms with van der Waals surface area (Å²) in [5.41, 5.74) is 0.804. The number of carbonyl (C=O) groups is 3. The van der Waals surface area contributed by atoms with Crippen LogP contribution in [0.2, 0.25) is 0 Å². The summed E-state index contributed by atoms with van der Waals surface area (Å²) in [4.78, 5) is 39.0. The lowest BCUT2D eigenvalue weighted by Crippen LogP contribution is -2.53. The van der Waals surface area contributed by atoms with Crippen molar-refractivity contribution in [3.63, 3.8) is 0 Å². The highest BCUT2D eigenvalue weighted by molar-refractivity contribution is 5.88. The fraction of sp³-hybridized carbons (Fsp3) is 0.609. The number of carboxylic acid groups (broad SMARTS) is 1. The van der Waals surface area contributed by atoms with Crippen LogP contribution < -0.4 is 5.32 Å². The first-order chi connectivity index (χ1) is 14.8. The molecular formula is C23H32N2O6. The first-order valence-electron chi connectivity index (χ1n) is 10.9. The number of amides is 1. The Hall–Kier alpha value is -2.45. The fourth-order valence-electron chi connectivity index (χ4n) is 4.53. The molecule has 8 heteroatoms. The molecule has 0 aliphatic carbocycles. The van der Waals surface area contributed by atoms with Crippen LogP contribution in [0.3, 0.4) is 0 Å². The monoisotopic (exact) mass is 432 g/mol. The minimum absolute atomic E-state index is 0.250. The van der Waals surface area contributed by atoms with Crippen molar-refractivity contribution >= 4 is 17.8 Å². The Morgan fingerprint density at radius 2 is 2.06 bits per heavy atom. The molecule has 31 heavy (non-hydrogen) atoms. The van der Waals surface area contributed by atoms with Crippen LogP contribution in [0, 0.1) is 5.41 Å². The van der Waals surface area contributed by atoms with Crippen LogP contribution in [-0.4, -0.2) is 72.3 Å². The van der Waals surface area contributed by atoms with Crippen molar-refractivity contribution < 1.29 is 29.0 Å². The van der Waals surface area contributed by atoms with Crippen molar-refractivity contribution in [3.05, 3.63) is 35.9 Å². The molecule has 0 aromatic heterocycles. The van der Waals surface area contributed by atoms with Gasteiger partial charge in [-0.25, -0.2) is 4.79 Å². The highest BCUT2D eigenvalue weighted by Crippen LogP contribution is 2.41. The minimum Gasteiger partial charge on any atom is -0.480 e. The van der Waals surface area contributed by atoms with Gasteiger partial charge in [-0.2, -0.15) is 0 Å². The molecule has 0 radical (unpaired) electrons. The number of carboxylic acids is 1. The van der Waals surface area contributed by atoms with E-state index < -0.39 is 30.1 Å².